The molecule has 1 amide bonds. The molecule has 1 aromatic rings. The zero-order valence-electron chi connectivity index (χ0n) is 12.3. The van der Waals surface area contributed by atoms with Gasteiger partial charge in [-0.3, -0.25) is 9.59 Å². The number of para-hydroxylation sites is 1. The molecular formula is C15H22N2O3. The number of carbonyl (C=O) groups excluding carboxylic acids is 2. The zero-order chi connectivity index (χ0) is 15.1. The Labute approximate surface area is 119 Å². The van der Waals surface area contributed by atoms with Gasteiger partial charge in [-0.25, -0.2) is 0 Å². The first kappa shape index (κ1) is 16.0. The van der Waals surface area contributed by atoms with Crippen LogP contribution in [0.5, 0.6) is 0 Å². The quantitative estimate of drug-likeness (QED) is 0.634. The van der Waals surface area contributed by atoms with Crippen molar-refractivity contribution in [3.8, 4) is 0 Å². The van der Waals surface area contributed by atoms with E-state index in [0.29, 0.717) is 18.5 Å². The molecule has 1 rings (SSSR count). The molecule has 0 fully saturated rings. The molecule has 1 aromatic carbocycles. The summed E-state index contributed by atoms with van der Waals surface area (Å²) in [7, 11) is 1.32. The lowest BCUT2D eigenvalue weighted by molar-refractivity contribution is -0.148. The van der Waals surface area contributed by atoms with E-state index < -0.39 is 5.97 Å². The summed E-state index contributed by atoms with van der Waals surface area (Å²) in [5, 5.41) is 0. The predicted molar refractivity (Wildman–Crippen MR) is 78.0 cm³/mol. The maximum Gasteiger partial charge on any atom is 0.325 e. The van der Waals surface area contributed by atoms with Crippen LogP contribution in [0.15, 0.2) is 24.3 Å². The number of hydrogen-bond donors (Lipinski definition) is 1. The standard InChI is InChI=1S/C15H22N2O3/c1-11(2)17(10-15(19)20-3)14(18)9-8-12-6-4-5-7-13(12)16/h4-7,11H,8-10,16H2,1-3H3. The van der Waals surface area contributed by atoms with Gasteiger partial charge in [-0.15, -0.1) is 0 Å². The van der Waals surface area contributed by atoms with Crippen molar-refractivity contribution in [1.82, 2.24) is 4.90 Å². The number of hydrogen-bond acceptors (Lipinski definition) is 4. The number of nitrogens with zero attached hydrogens (tertiary/aromatic N) is 1. The van der Waals surface area contributed by atoms with E-state index in [4.69, 9.17) is 5.73 Å². The first-order valence-corrected chi connectivity index (χ1v) is 6.65. The minimum absolute atomic E-state index is 0.0166. The van der Waals surface area contributed by atoms with Gasteiger partial charge in [0.25, 0.3) is 0 Å². The Morgan fingerprint density at radius 2 is 1.95 bits per heavy atom. The molecule has 5 nitrogen and oxygen atoms in total. The molecule has 0 radical (unpaired) electrons. The predicted octanol–water partition coefficient (Wildman–Crippen LogP) is 1.61. The Morgan fingerprint density at radius 1 is 1.30 bits per heavy atom. The monoisotopic (exact) mass is 278 g/mol. The lowest BCUT2D eigenvalue weighted by Gasteiger charge is -2.25. The number of aryl methyl sites for hydroxylation is 1. The molecule has 0 aliphatic heterocycles. The van der Waals surface area contributed by atoms with Gasteiger partial charge in [0.15, 0.2) is 0 Å². The maximum absolute atomic E-state index is 12.2. The summed E-state index contributed by atoms with van der Waals surface area (Å²) < 4.78 is 4.61. The highest BCUT2D eigenvalue weighted by molar-refractivity contribution is 5.82. The van der Waals surface area contributed by atoms with Crippen molar-refractivity contribution in [2.24, 2.45) is 0 Å². The number of amides is 1. The van der Waals surface area contributed by atoms with Gasteiger partial charge in [0.2, 0.25) is 5.91 Å². The van der Waals surface area contributed by atoms with E-state index >= 15 is 0 Å². The third-order valence-electron chi connectivity index (χ3n) is 3.13. The summed E-state index contributed by atoms with van der Waals surface area (Å²) >= 11 is 0. The molecule has 0 heterocycles. The van der Waals surface area contributed by atoms with Crippen LogP contribution in [0.3, 0.4) is 0 Å². The fourth-order valence-electron chi connectivity index (χ4n) is 1.91. The van der Waals surface area contributed by atoms with Crippen LogP contribution in [0, 0.1) is 0 Å². The van der Waals surface area contributed by atoms with Crippen molar-refractivity contribution in [1.29, 1.82) is 0 Å². The number of ether oxygens (including phenoxy) is 1. The molecule has 0 spiro atoms. The van der Waals surface area contributed by atoms with Crippen molar-refractivity contribution in [2.75, 3.05) is 19.4 Å². The van der Waals surface area contributed by atoms with E-state index in [-0.39, 0.29) is 18.5 Å². The first-order chi connectivity index (χ1) is 9.45. The summed E-state index contributed by atoms with van der Waals surface area (Å²) in [6, 6.07) is 7.43. The second-order valence-corrected chi connectivity index (χ2v) is 4.89. The van der Waals surface area contributed by atoms with Crippen LogP contribution >= 0.6 is 0 Å². The van der Waals surface area contributed by atoms with Gasteiger partial charge in [0.05, 0.1) is 7.11 Å². The zero-order valence-corrected chi connectivity index (χ0v) is 12.3. The molecule has 0 aromatic heterocycles. The molecule has 20 heavy (non-hydrogen) atoms. The van der Waals surface area contributed by atoms with Crippen LogP contribution in [0.4, 0.5) is 5.69 Å². The molecule has 0 aliphatic carbocycles. The van der Waals surface area contributed by atoms with E-state index in [1.54, 1.807) is 0 Å². The number of benzene rings is 1. The van der Waals surface area contributed by atoms with E-state index in [2.05, 4.69) is 4.74 Å². The largest absolute Gasteiger partial charge is 0.468 e. The number of nitrogens with two attached hydrogens (primary N) is 1. The Hall–Kier alpha value is -2.04. The molecule has 2 N–H and O–H groups in total. The molecule has 0 atom stereocenters. The van der Waals surface area contributed by atoms with Crippen molar-refractivity contribution in [2.45, 2.75) is 32.7 Å². The minimum atomic E-state index is -0.411. The van der Waals surface area contributed by atoms with E-state index in [1.807, 2.05) is 38.1 Å². The summed E-state index contributed by atoms with van der Waals surface area (Å²) in [5.41, 5.74) is 7.48. The SMILES string of the molecule is COC(=O)CN(C(=O)CCc1ccccc1N)C(C)C. The molecule has 5 heteroatoms. The minimum Gasteiger partial charge on any atom is -0.468 e. The second kappa shape index (κ2) is 7.53. The number of carbonyl (C=O) groups is 2. The van der Waals surface area contributed by atoms with Crippen molar-refractivity contribution in [3.05, 3.63) is 29.8 Å². The van der Waals surface area contributed by atoms with Crippen LogP contribution in [0.2, 0.25) is 0 Å². The molecular weight excluding hydrogens is 256 g/mol. The van der Waals surface area contributed by atoms with E-state index in [1.165, 1.54) is 12.0 Å². The van der Waals surface area contributed by atoms with Crippen molar-refractivity contribution in [3.63, 3.8) is 0 Å². The van der Waals surface area contributed by atoms with E-state index in [0.717, 1.165) is 5.56 Å². The Bertz CT molecular complexity index is 472. The maximum atomic E-state index is 12.2. The van der Waals surface area contributed by atoms with Gasteiger partial charge in [0, 0.05) is 18.2 Å². The normalized spacial score (nSPS) is 10.4. The van der Waals surface area contributed by atoms with Crippen LogP contribution in [0.25, 0.3) is 0 Å². The van der Waals surface area contributed by atoms with Gasteiger partial charge >= 0.3 is 5.97 Å². The van der Waals surface area contributed by atoms with Gasteiger partial charge in [-0.05, 0) is 31.9 Å². The van der Waals surface area contributed by atoms with Gasteiger partial charge in [-0.1, -0.05) is 18.2 Å². The molecule has 0 unspecified atom stereocenters. The topological polar surface area (TPSA) is 72.6 Å². The number of methoxy groups -OCH3 is 1. The van der Waals surface area contributed by atoms with Crippen LogP contribution < -0.4 is 5.73 Å². The average Bonchev–Trinajstić information content (AvgIpc) is 2.42. The second-order valence-electron chi connectivity index (χ2n) is 4.89. The molecule has 0 aliphatic rings. The van der Waals surface area contributed by atoms with Gasteiger partial charge in [0.1, 0.15) is 6.54 Å². The lowest BCUT2D eigenvalue weighted by Crippen LogP contribution is -2.41. The fraction of sp³-hybridized carbons (Fsp3) is 0.467. The van der Waals surface area contributed by atoms with E-state index in [9.17, 15) is 9.59 Å². The van der Waals surface area contributed by atoms with Crippen molar-refractivity contribution < 1.29 is 14.3 Å². The average molecular weight is 278 g/mol. The molecule has 0 saturated carbocycles. The van der Waals surface area contributed by atoms with Gasteiger partial charge < -0.3 is 15.4 Å². The number of esters is 1. The summed E-state index contributed by atoms with van der Waals surface area (Å²) in [6.45, 7) is 3.73. The highest BCUT2D eigenvalue weighted by atomic mass is 16.5. The smallest absolute Gasteiger partial charge is 0.325 e. The third kappa shape index (κ3) is 4.57. The number of anilines is 1. The number of nitrogen functional groups attached to an aromatic ring is 1. The Balaban J connectivity index is 2.63. The summed E-state index contributed by atoms with van der Waals surface area (Å²) in [6.07, 6.45) is 0.888. The Kier molecular flexibility index (Phi) is 6.03. The highest BCUT2D eigenvalue weighted by Crippen LogP contribution is 2.14. The first-order valence-electron chi connectivity index (χ1n) is 6.65. The van der Waals surface area contributed by atoms with Crippen LogP contribution in [-0.2, 0) is 20.7 Å². The lowest BCUT2D eigenvalue weighted by atomic mass is 10.1. The van der Waals surface area contributed by atoms with Gasteiger partial charge in [-0.2, -0.15) is 0 Å². The summed E-state index contributed by atoms with van der Waals surface area (Å²) in [5.74, 6) is -0.486. The highest BCUT2D eigenvalue weighted by Gasteiger charge is 2.20. The van der Waals surface area contributed by atoms with Crippen molar-refractivity contribution >= 4 is 17.6 Å². The number of rotatable bonds is 6. The fourth-order valence-corrected chi connectivity index (χ4v) is 1.91. The van der Waals surface area contributed by atoms with Crippen LogP contribution in [-0.4, -0.2) is 36.5 Å². The molecule has 0 bridgehead atoms. The molecule has 0 saturated heterocycles. The molecule has 110 valence electrons. The summed E-state index contributed by atoms with van der Waals surface area (Å²) in [4.78, 5) is 25.0. The van der Waals surface area contributed by atoms with Crippen LogP contribution in [0.1, 0.15) is 25.8 Å². The third-order valence-corrected chi connectivity index (χ3v) is 3.13. The Morgan fingerprint density at radius 3 is 2.50 bits per heavy atom.